The second kappa shape index (κ2) is 10.1. The zero-order valence-corrected chi connectivity index (χ0v) is 16.0. The van der Waals surface area contributed by atoms with Gasteiger partial charge in [-0.1, -0.05) is 43.2 Å². The number of nitrogens with one attached hydrogen (secondary N) is 1. The number of anilines is 1. The summed E-state index contributed by atoms with van der Waals surface area (Å²) in [4.78, 5) is 14.9. The maximum Gasteiger partial charge on any atom is 0.242 e. The zero-order valence-electron chi connectivity index (χ0n) is 15.2. The van der Waals surface area contributed by atoms with Gasteiger partial charge >= 0.3 is 0 Å². The molecule has 1 saturated heterocycles. The maximum absolute atomic E-state index is 12.9. The van der Waals surface area contributed by atoms with Crippen LogP contribution >= 0.6 is 12.4 Å². The number of halogens is 1. The SMILES string of the molecule is COc1ccc(C2CCCCCN2C(=O)CNc2ccccc2)cc1.Cl. The summed E-state index contributed by atoms with van der Waals surface area (Å²) < 4.78 is 5.25. The van der Waals surface area contributed by atoms with Crippen molar-refractivity contribution in [3.63, 3.8) is 0 Å². The van der Waals surface area contributed by atoms with Gasteiger partial charge in [0.1, 0.15) is 5.75 Å². The van der Waals surface area contributed by atoms with Crippen molar-refractivity contribution in [2.75, 3.05) is 25.5 Å². The van der Waals surface area contributed by atoms with Crippen molar-refractivity contribution in [1.82, 2.24) is 4.90 Å². The van der Waals surface area contributed by atoms with Crippen molar-refractivity contribution in [2.24, 2.45) is 0 Å². The third-order valence-electron chi connectivity index (χ3n) is 4.79. The molecule has 26 heavy (non-hydrogen) atoms. The molecule has 1 heterocycles. The van der Waals surface area contributed by atoms with Gasteiger partial charge in [-0.05, 0) is 42.7 Å². The molecule has 0 spiro atoms. The lowest BCUT2D eigenvalue weighted by atomic mass is 10.0. The summed E-state index contributed by atoms with van der Waals surface area (Å²) in [5.41, 5.74) is 2.17. The Balaban J connectivity index is 0.00000243. The number of rotatable bonds is 5. The van der Waals surface area contributed by atoms with E-state index in [0.29, 0.717) is 6.54 Å². The van der Waals surface area contributed by atoms with Crippen LogP contribution in [0.15, 0.2) is 54.6 Å². The Labute approximate surface area is 162 Å². The first-order valence-electron chi connectivity index (χ1n) is 9.00. The van der Waals surface area contributed by atoms with E-state index in [1.807, 2.05) is 47.4 Å². The minimum absolute atomic E-state index is 0. The van der Waals surface area contributed by atoms with Crippen molar-refractivity contribution in [1.29, 1.82) is 0 Å². The molecule has 1 atom stereocenters. The van der Waals surface area contributed by atoms with Gasteiger partial charge in [-0.15, -0.1) is 12.4 Å². The van der Waals surface area contributed by atoms with Gasteiger partial charge in [0, 0.05) is 12.2 Å². The summed E-state index contributed by atoms with van der Waals surface area (Å²) in [6.45, 7) is 1.16. The topological polar surface area (TPSA) is 41.6 Å². The molecule has 1 aliphatic heterocycles. The third kappa shape index (κ3) is 5.15. The molecule has 5 heteroatoms. The molecule has 1 unspecified atom stereocenters. The van der Waals surface area contributed by atoms with Crippen molar-refractivity contribution >= 4 is 24.0 Å². The Bertz CT molecular complexity index is 676. The van der Waals surface area contributed by atoms with E-state index in [-0.39, 0.29) is 24.4 Å². The van der Waals surface area contributed by atoms with Gasteiger partial charge in [0.2, 0.25) is 5.91 Å². The molecule has 4 nitrogen and oxygen atoms in total. The van der Waals surface area contributed by atoms with Crippen LogP contribution in [-0.4, -0.2) is 31.0 Å². The molecule has 2 aromatic rings. The minimum atomic E-state index is 0. The Morgan fingerprint density at radius 2 is 1.81 bits per heavy atom. The Morgan fingerprint density at radius 3 is 2.50 bits per heavy atom. The van der Waals surface area contributed by atoms with Gasteiger partial charge in [0.15, 0.2) is 0 Å². The van der Waals surface area contributed by atoms with E-state index in [1.54, 1.807) is 7.11 Å². The van der Waals surface area contributed by atoms with Crippen molar-refractivity contribution in [2.45, 2.75) is 31.7 Å². The molecular formula is C21H27ClN2O2. The summed E-state index contributed by atoms with van der Waals surface area (Å²) in [6.07, 6.45) is 4.43. The zero-order chi connectivity index (χ0) is 17.5. The smallest absolute Gasteiger partial charge is 0.242 e. The number of methoxy groups -OCH3 is 1. The average Bonchev–Trinajstić information content (AvgIpc) is 2.93. The molecule has 3 rings (SSSR count). The van der Waals surface area contributed by atoms with E-state index < -0.39 is 0 Å². The molecule has 0 aromatic heterocycles. The minimum Gasteiger partial charge on any atom is -0.497 e. The summed E-state index contributed by atoms with van der Waals surface area (Å²) >= 11 is 0. The highest BCUT2D eigenvalue weighted by atomic mass is 35.5. The van der Waals surface area contributed by atoms with Crippen LogP contribution < -0.4 is 10.1 Å². The van der Waals surface area contributed by atoms with Gasteiger partial charge in [-0.3, -0.25) is 4.79 Å². The normalized spacial score (nSPS) is 17.0. The van der Waals surface area contributed by atoms with E-state index in [4.69, 9.17) is 4.74 Å². The van der Waals surface area contributed by atoms with Gasteiger partial charge in [0.05, 0.1) is 19.7 Å². The van der Waals surface area contributed by atoms with Crippen LogP contribution in [0.2, 0.25) is 0 Å². The molecular weight excluding hydrogens is 348 g/mol. The summed E-state index contributed by atoms with van der Waals surface area (Å²) in [7, 11) is 1.67. The van der Waals surface area contributed by atoms with Crippen LogP contribution in [0, 0.1) is 0 Å². The number of para-hydroxylation sites is 1. The lowest BCUT2D eigenvalue weighted by molar-refractivity contribution is -0.131. The van der Waals surface area contributed by atoms with Gasteiger partial charge in [-0.25, -0.2) is 0 Å². The highest BCUT2D eigenvalue weighted by Gasteiger charge is 2.26. The second-order valence-corrected chi connectivity index (χ2v) is 6.45. The number of benzene rings is 2. The molecule has 2 aromatic carbocycles. The molecule has 140 valence electrons. The van der Waals surface area contributed by atoms with Crippen LogP contribution in [0.25, 0.3) is 0 Å². The quantitative estimate of drug-likeness (QED) is 0.826. The first-order valence-corrected chi connectivity index (χ1v) is 9.00. The van der Waals surface area contributed by atoms with Gasteiger partial charge in [-0.2, -0.15) is 0 Å². The number of carbonyl (C=O) groups is 1. The van der Waals surface area contributed by atoms with Crippen LogP contribution in [-0.2, 0) is 4.79 Å². The molecule has 1 aliphatic rings. The van der Waals surface area contributed by atoms with E-state index in [9.17, 15) is 4.79 Å². The molecule has 0 saturated carbocycles. The number of carbonyl (C=O) groups excluding carboxylic acids is 1. The number of likely N-dealkylation sites (tertiary alicyclic amines) is 1. The Hall–Kier alpha value is -2.20. The maximum atomic E-state index is 12.9. The van der Waals surface area contributed by atoms with Gasteiger partial charge in [0.25, 0.3) is 0 Å². The predicted octanol–water partition coefficient (Wildman–Crippen LogP) is 4.67. The number of hydrogen-bond donors (Lipinski definition) is 1. The number of hydrogen-bond acceptors (Lipinski definition) is 3. The lowest BCUT2D eigenvalue weighted by Crippen LogP contribution is -2.38. The Kier molecular flexibility index (Phi) is 7.79. The predicted molar refractivity (Wildman–Crippen MR) is 108 cm³/mol. The van der Waals surface area contributed by atoms with E-state index in [1.165, 1.54) is 12.0 Å². The van der Waals surface area contributed by atoms with E-state index >= 15 is 0 Å². The molecule has 1 fully saturated rings. The second-order valence-electron chi connectivity index (χ2n) is 6.45. The van der Waals surface area contributed by atoms with Crippen LogP contribution in [0.5, 0.6) is 5.75 Å². The fourth-order valence-electron chi connectivity index (χ4n) is 3.41. The van der Waals surface area contributed by atoms with Crippen molar-refractivity contribution in [3.05, 3.63) is 60.2 Å². The molecule has 0 bridgehead atoms. The van der Waals surface area contributed by atoms with Gasteiger partial charge < -0.3 is 15.0 Å². The fraction of sp³-hybridized carbons (Fsp3) is 0.381. The standard InChI is InChI=1S/C21H26N2O2.ClH/c1-25-19-13-11-17(12-14-19)20-10-6-3-7-15-23(20)21(24)16-22-18-8-4-2-5-9-18;/h2,4-5,8-9,11-14,20,22H,3,6-7,10,15-16H2,1H3;1H. The first kappa shape index (κ1) is 20.1. The van der Waals surface area contributed by atoms with Crippen molar-refractivity contribution < 1.29 is 9.53 Å². The fourth-order valence-corrected chi connectivity index (χ4v) is 3.41. The lowest BCUT2D eigenvalue weighted by Gasteiger charge is -2.31. The summed E-state index contributed by atoms with van der Waals surface area (Å²) in [6, 6.07) is 18.2. The summed E-state index contributed by atoms with van der Waals surface area (Å²) in [5, 5.41) is 3.24. The van der Waals surface area contributed by atoms with Crippen LogP contribution in [0.3, 0.4) is 0 Å². The largest absolute Gasteiger partial charge is 0.497 e. The number of amides is 1. The summed E-state index contributed by atoms with van der Waals surface area (Å²) in [5.74, 6) is 1.01. The van der Waals surface area contributed by atoms with Crippen molar-refractivity contribution in [3.8, 4) is 5.75 Å². The number of nitrogens with zero attached hydrogens (tertiary/aromatic N) is 1. The van der Waals surface area contributed by atoms with Crippen LogP contribution in [0.1, 0.15) is 37.3 Å². The van der Waals surface area contributed by atoms with E-state index in [2.05, 4.69) is 17.4 Å². The van der Waals surface area contributed by atoms with Crippen LogP contribution in [0.4, 0.5) is 5.69 Å². The monoisotopic (exact) mass is 374 g/mol. The average molecular weight is 375 g/mol. The number of ether oxygens (including phenoxy) is 1. The Morgan fingerprint density at radius 1 is 1.08 bits per heavy atom. The molecule has 1 amide bonds. The molecule has 0 aliphatic carbocycles. The third-order valence-corrected chi connectivity index (χ3v) is 4.79. The van der Waals surface area contributed by atoms with E-state index in [0.717, 1.165) is 37.2 Å². The molecule has 0 radical (unpaired) electrons. The highest BCUT2D eigenvalue weighted by Crippen LogP contribution is 2.31. The molecule has 1 N–H and O–H groups in total. The highest BCUT2D eigenvalue weighted by molar-refractivity contribution is 5.85. The first-order chi connectivity index (χ1) is 12.3.